The number of fused-ring (bicyclic) bond motifs is 1. The van der Waals surface area contributed by atoms with Gasteiger partial charge in [0.25, 0.3) is 0 Å². The van der Waals surface area contributed by atoms with Crippen LogP contribution in [0.2, 0.25) is 0 Å². The van der Waals surface area contributed by atoms with Crippen LogP contribution >= 0.6 is 0 Å². The van der Waals surface area contributed by atoms with Gasteiger partial charge in [-0.25, -0.2) is 0 Å². The maximum Gasteiger partial charge on any atom is 0.312 e. The minimum atomic E-state index is -0.663. The Bertz CT molecular complexity index is 957. The molecule has 2 aromatic rings. The van der Waals surface area contributed by atoms with Crippen molar-refractivity contribution < 1.29 is 23.9 Å². The highest BCUT2D eigenvalue weighted by Gasteiger charge is 2.33. The van der Waals surface area contributed by atoms with Crippen molar-refractivity contribution in [1.29, 1.82) is 0 Å². The lowest BCUT2D eigenvalue weighted by Gasteiger charge is -2.33. The third-order valence-corrected chi connectivity index (χ3v) is 4.88. The number of amides is 3. The molecule has 0 unspecified atom stereocenters. The zero-order valence-electron chi connectivity index (χ0n) is 16.0. The Morgan fingerprint density at radius 3 is 2.45 bits per heavy atom. The molecule has 1 fully saturated rings. The quantitative estimate of drug-likeness (QED) is 0.776. The SMILES string of the molecule is Cc1ccc(CN2CCN(CC(=O)Nc3ccc4c(c3)OCO4)C(=O)C2=O)cc1. The van der Waals surface area contributed by atoms with Gasteiger partial charge >= 0.3 is 11.8 Å². The van der Waals surface area contributed by atoms with E-state index in [4.69, 9.17) is 9.47 Å². The van der Waals surface area contributed by atoms with Gasteiger partial charge in [0.05, 0.1) is 0 Å². The van der Waals surface area contributed by atoms with Crippen molar-refractivity contribution in [3.8, 4) is 11.5 Å². The number of hydrogen-bond acceptors (Lipinski definition) is 5. The van der Waals surface area contributed by atoms with Crippen molar-refractivity contribution in [1.82, 2.24) is 9.80 Å². The number of carbonyl (C=O) groups is 3. The number of carbonyl (C=O) groups excluding carboxylic acids is 3. The predicted octanol–water partition coefficient (Wildman–Crippen LogP) is 1.53. The molecule has 8 heteroatoms. The van der Waals surface area contributed by atoms with Crippen LogP contribution in [0.25, 0.3) is 0 Å². The number of anilines is 1. The summed E-state index contributed by atoms with van der Waals surface area (Å²) in [4.78, 5) is 40.0. The summed E-state index contributed by atoms with van der Waals surface area (Å²) >= 11 is 0. The van der Waals surface area contributed by atoms with Gasteiger partial charge in [-0.1, -0.05) is 29.8 Å². The molecule has 29 heavy (non-hydrogen) atoms. The fraction of sp³-hybridized carbons (Fsp3) is 0.286. The van der Waals surface area contributed by atoms with Crippen molar-refractivity contribution in [2.24, 2.45) is 0 Å². The van der Waals surface area contributed by atoms with Crippen LogP contribution < -0.4 is 14.8 Å². The van der Waals surface area contributed by atoms with Crippen LogP contribution in [0.15, 0.2) is 42.5 Å². The van der Waals surface area contributed by atoms with E-state index in [2.05, 4.69) is 5.32 Å². The van der Waals surface area contributed by atoms with Crippen molar-refractivity contribution >= 4 is 23.4 Å². The summed E-state index contributed by atoms with van der Waals surface area (Å²) in [5.74, 6) is -0.457. The van der Waals surface area contributed by atoms with E-state index in [0.29, 0.717) is 36.8 Å². The van der Waals surface area contributed by atoms with Crippen LogP contribution in [0.3, 0.4) is 0 Å². The largest absolute Gasteiger partial charge is 0.454 e. The molecule has 0 aromatic heterocycles. The average molecular weight is 395 g/mol. The third kappa shape index (κ3) is 4.16. The van der Waals surface area contributed by atoms with Crippen molar-refractivity contribution in [2.45, 2.75) is 13.5 Å². The van der Waals surface area contributed by atoms with Gasteiger partial charge in [-0.05, 0) is 24.6 Å². The van der Waals surface area contributed by atoms with Gasteiger partial charge in [-0.2, -0.15) is 0 Å². The summed E-state index contributed by atoms with van der Waals surface area (Å²) < 4.78 is 10.5. The van der Waals surface area contributed by atoms with E-state index in [1.165, 1.54) is 9.80 Å². The van der Waals surface area contributed by atoms with Crippen LogP contribution in [0.1, 0.15) is 11.1 Å². The number of hydrogen-bond donors (Lipinski definition) is 1. The highest BCUT2D eigenvalue weighted by molar-refractivity contribution is 6.35. The van der Waals surface area contributed by atoms with Gasteiger partial charge < -0.3 is 24.6 Å². The second kappa shape index (κ2) is 7.83. The van der Waals surface area contributed by atoms with Gasteiger partial charge in [0.1, 0.15) is 6.54 Å². The number of rotatable bonds is 5. The van der Waals surface area contributed by atoms with Crippen LogP contribution in [0.5, 0.6) is 11.5 Å². The molecule has 0 bridgehead atoms. The number of nitrogens with one attached hydrogen (secondary N) is 1. The van der Waals surface area contributed by atoms with Crippen molar-refractivity contribution in [2.75, 3.05) is 31.7 Å². The monoisotopic (exact) mass is 395 g/mol. The third-order valence-electron chi connectivity index (χ3n) is 4.88. The average Bonchev–Trinajstić information content (AvgIpc) is 3.17. The fourth-order valence-electron chi connectivity index (χ4n) is 3.28. The lowest BCUT2D eigenvalue weighted by atomic mass is 10.1. The molecule has 2 aromatic carbocycles. The molecule has 1 saturated heterocycles. The Morgan fingerprint density at radius 1 is 0.966 bits per heavy atom. The van der Waals surface area contributed by atoms with Gasteiger partial charge in [0, 0.05) is 31.4 Å². The minimum Gasteiger partial charge on any atom is -0.454 e. The lowest BCUT2D eigenvalue weighted by molar-refractivity contribution is -0.157. The van der Waals surface area contributed by atoms with Gasteiger partial charge in [0.2, 0.25) is 12.7 Å². The molecule has 0 spiro atoms. The van der Waals surface area contributed by atoms with Gasteiger partial charge in [0.15, 0.2) is 11.5 Å². The molecular weight excluding hydrogens is 374 g/mol. The first-order chi connectivity index (χ1) is 14.0. The highest BCUT2D eigenvalue weighted by atomic mass is 16.7. The number of nitrogens with zero attached hydrogens (tertiary/aromatic N) is 2. The van der Waals surface area contributed by atoms with E-state index in [-0.39, 0.29) is 19.2 Å². The van der Waals surface area contributed by atoms with E-state index < -0.39 is 11.8 Å². The molecule has 150 valence electrons. The smallest absolute Gasteiger partial charge is 0.312 e. The van der Waals surface area contributed by atoms with E-state index >= 15 is 0 Å². The molecule has 4 rings (SSSR count). The normalized spacial score (nSPS) is 15.6. The predicted molar refractivity (Wildman–Crippen MR) is 104 cm³/mol. The molecule has 3 amide bonds. The number of ether oxygens (including phenoxy) is 2. The van der Waals surface area contributed by atoms with Crippen LogP contribution in [0.4, 0.5) is 5.69 Å². The summed E-state index contributed by atoms with van der Waals surface area (Å²) in [6, 6.07) is 12.9. The first-order valence-corrected chi connectivity index (χ1v) is 9.33. The first-order valence-electron chi connectivity index (χ1n) is 9.33. The number of benzene rings is 2. The van der Waals surface area contributed by atoms with E-state index in [0.717, 1.165) is 11.1 Å². The molecule has 2 heterocycles. The maximum atomic E-state index is 12.4. The Labute approximate surface area is 168 Å². The minimum absolute atomic E-state index is 0.149. The summed E-state index contributed by atoms with van der Waals surface area (Å²) in [6.45, 7) is 3.03. The number of aryl methyl sites for hydroxylation is 1. The summed E-state index contributed by atoms with van der Waals surface area (Å²) in [5.41, 5.74) is 2.64. The zero-order valence-corrected chi connectivity index (χ0v) is 16.0. The summed E-state index contributed by atoms with van der Waals surface area (Å²) in [6.07, 6.45) is 0. The van der Waals surface area contributed by atoms with Crippen molar-refractivity contribution in [3.05, 3.63) is 53.6 Å². The number of piperazine rings is 1. The van der Waals surface area contributed by atoms with Gasteiger partial charge in [-0.3, -0.25) is 14.4 Å². The standard InChI is InChI=1S/C21H21N3O5/c1-14-2-4-15(5-3-14)11-23-8-9-24(21(27)20(23)26)12-19(25)22-16-6-7-17-18(10-16)29-13-28-17/h2-7,10H,8-9,11-13H2,1H3,(H,22,25). The molecular formula is C21H21N3O5. The molecule has 1 N–H and O–H groups in total. The van der Waals surface area contributed by atoms with Crippen LogP contribution in [-0.4, -0.2) is 53.9 Å². The molecule has 0 radical (unpaired) electrons. The van der Waals surface area contributed by atoms with E-state index in [1.54, 1.807) is 18.2 Å². The highest BCUT2D eigenvalue weighted by Crippen LogP contribution is 2.34. The topological polar surface area (TPSA) is 88.2 Å². The Hall–Kier alpha value is -3.55. The maximum absolute atomic E-state index is 12.4. The Balaban J connectivity index is 1.33. The Kier molecular flexibility index (Phi) is 5.07. The lowest BCUT2D eigenvalue weighted by Crippen LogP contribution is -2.55. The molecule has 0 aliphatic carbocycles. The van der Waals surface area contributed by atoms with Crippen molar-refractivity contribution in [3.63, 3.8) is 0 Å². The molecule has 0 atom stereocenters. The zero-order chi connectivity index (χ0) is 20.4. The van der Waals surface area contributed by atoms with E-state index in [1.807, 2.05) is 31.2 Å². The Morgan fingerprint density at radius 2 is 1.66 bits per heavy atom. The van der Waals surface area contributed by atoms with Crippen LogP contribution in [-0.2, 0) is 20.9 Å². The summed E-state index contributed by atoms with van der Waals surface area (Å²) in [5, 5.41) is 2.72. The van der Waals surface area contributed by atoms with Gasteiger partial charge in [-0.15, -0.1) is 0 Å². The summed E-state index contributed by atoms with van der Waals surface area (Å²) in [7, 11) is 0. The first kappa shape index (κ1) is 18.8. The van der Waals surface area contributed by atoms with Crippen LogP contribution in [0, 0.1) is 6.92 Å². The molecule has 8 nitrogen and oxygen atoms in total. The second-order valence-electron chi connectivity index (χ2n) is 7.06. The van der Waals surface area contributed by atoms with E-state index in [9.17, 15) is 14.4 Å². The second-order valence-corrected chi connectivity index (χ2v) is 7.06. The molecule has 2 aliphatic rings. The molecule has 2 aliphatic heterocycles. The fourth-order valence-corrected chi connectivity index (χ4v) is 3.28. The molecule has 0 saturated carbocycles.